The van der Waals surface area contributed by atoms with Gasteiger partial charge in [-0.1, -0.05) is 47.6 Å². The number of benzene rings is 2. The van der Waals surface area contributed by atoms with E-state index in [1.54, 1.807) is 48.8 Å². The van der Waals surface area contributed by atoms with E-state index in [4.69, 9.17) is 15.4 Å². The first-order valence-electron chi connectivity index (χ1n) is 8.29. The van der Waals surface area contributed by atoms with E-state index in [2.05, 4.69) is 15.1 Å². The number of aromatic hydroxyl groups is 1. The molecule has 0 bridgehead atoms. The molecule has 7 nitrogen and oxygen atoms in total. The van der Waals surface area contributed by atoms with Gasteiger partial charge < -0.3 is 15.4 Å². The average Bonchev–Trinajstić information content (AvgIpc) is 2.74. The van der Waals surface area contributed by atoms with Gasteiger partial charge in [0.15, 0.2) is 0 Å². The van der Waals surface area contributed by atoms with Crippen LogP contribution in [0.15, 0.2) is 84.5 Å². The number of phenols is 1. The minimum absolute atomic E-state index is 0.0671. The van der Waals surface area contributed by atoms with E-state index in [1.165, 1.54) is 30.6 Å². The van der Waals surface area contributed by atoms with E-state index in [0.29, 0.717) is 0 Å². The fraction of sp³-hybridized carbons (Fsp3) is 0.100. The van der Waals surface area contributed by atoms with Crippen LogP contribution in [0.3, 0.4) is 0 Å². The number of alkyl halides is 3. The number of aromatic nitrogens is 2. The van der Waals surface area contributed by atoms with Crippen LogP contribution in [-0.4, -0.2) is 43.2 Å². The first kappa shape index (κ1) is 24.1. The minimum Gasteiger partial charge on any atom is -0.507 e. The minimum atomic E-state index is -4.36. The quantitative estimate of drug-likeness (QED) is 0.328. The molecule has 0 aliphatic heterocycles. The number of rotatable bonds is 3. The summed E-state index contributed by atoms with van der Waals surface area (Å²) in [5.74, 6) is -1.31. The molecule has 0 amide bonds. The molecule has 10 heteroatoms. The van der Waals surface area contributed by atoms with Gasteiger partial charge >= 0.3 is 12.1 Å². The average molecular weight is 421 g/mol. The van der Waals surface area contributed by atoms with E-state index in [0.717, 1.165) is 0 Å². The van der Waals surface area contributed by atoms with Crippen molar-refractivity contribution in [2.24, 2.45) is 5.16 Å². The normalized spacial score (nSPS) is 10.7. The third-order valence-corrected chi connectivity index (χ3v) is 3.21. The highest BCUT2D eigenvalue weighted by molar-refractivity contribution is 6.00. The van der Waals surface area contributed by atoms with Crippen molar-refractivity contribution in [3.63, 3.8) is 0 Å². The zero-order chi connectivity index (χ0) is 22.4. The Labute approximate surface area is 169 Å². The Morgan fingerprint density at radius 1 is 0.933 bits per heavy atom. The molecule has 0 aliphatic carbocycles. The third-order valence-electron chi connectivity index (χ3n) is 3.21. The molecule has 0 aliphatic rings. The number of carboxylic acid groups (broad SMARTS) is 1. The van der Waals surface area contributed by atoms with Gasteiger partial charge in [-0.25, -0.2) is 14.8 Å². The van der Waals surface area contributed by atoms with Crippen molar-refractivity contribution in [1.82, 2.24) is 9.97 Å². The summed E-state index contributed by atoms with van der Waals surface area (Å²) in [7, 11) is 0. The Morgan fingerprint density at radius 3 is 1.87 bits per heavy atom. The number of hydrogen-bond acceptors (Lipinski definition) is 6. The SMILES string of the molecule is O=C(O)c1ccccc1O.ON=C(CC(F)(F)F)c1ccccc1.c1cncnc1. The molecule has 158 valence electrons. The summed E-state index contributed by atoms with van der Waals surface area (Å²) in [5, 5.41) is 28.4. The fourth-order valence-electron chi connectivity index (χ4n) is 1.92. The smallest absolute Gasteiger partial charge is 0.394 e. The molecule has 30 heavy (non-hydrogen) atoms. The van der Waals surface area contributed by atoms with Crippen LogP contribution >= 0.6 is 0 Å². The Balaban J connectivity index is 0.000000244. The lowest BCUT2D eigenvalue weighted by atomic mass is 10.1. The molecule has 0 radical (unpaired) electrons. The molecular weight excluding hydrogens is 403 g/mol. The van der Waals surface area contributed by atoms with Crippen molar-refractivity contribution in [2.75, 3.05) is 0 Å². The van der Waals surface area contributed by atoms with E-state index >= 15 is 0 Å². The van der Waals surface area contributed by atoms with E-state index in [9.17, 15) is 18.0 Å². The molecule has 3 aromatic rings. The second-order valence-electron chi connectivity index (χ2n) is 5.43. The molecular formula is C20H18F3N3O4. The number of para-hydroxylation sites is 1. The van der Waals surface area contributed by atoms with Gasteiger partial charge in [-0.15, -0.1) is 0 Å². The first-order valence-corrected chi connectivity index (χ1v) is 8.29. The van der Waals surface area contributed by atoms with Crippen molar-refractivity contribution in [3.8, 4) is 5.75 Å². The number of carbonyl (C=O) groups is 1. The van der Waals surface area contributed by atoms with Gasteiger partial charge in [-0.05, 0) is 23.8 Å². The lowest BCUT2D eigenvalue weighted by Crippen LogP contribution is -2.15. The zero-order valence-electron chi connectivity index (χ0n) is 15.4. The zero-order valence-corrected chi connectivity index (χ0v) is 15.4. The van der Waals surface area contributed by atoms with Crippen LogP contribution in [0.25, 0.3) is 0 Å². The van der Waals surface area contributed by atoms with Gasteiger partial charge in [-0.3, -0.25) is 0 Å². The van der Waals surface area contributed by atoms with E-state index in [-0.39, 0.29) is 22.6 Å². The number of hydrogen-bond donors (Lipinski definition) is 3. The van der Waals surface area contributed by atoms with Gasteiger partial charge in [0, 0.05) is 12.4 Å². The molecule has 0 saturated carbocycles. The molecule has 0 fully saturated rings. The highest BCUT2D eigenvalue weighted by Crippen LogP contribution is 2.22. The molecule has 3 rings (SSSR count). The topological polar surface area (TPSA) is 116 Å². The number of nitrogens with zero attached hydrogens (tertiary/aromatic N) is 3. The molecule has 1 aromatic heterocycles. The van der Waals surface area contributed by atoms with Gasteiger partial charge in [-0.2, -0.15) is 13.2 Å². The number of halogens is 3. The highest BCUT2D eigenvalue weighted by atomic mass is 19.4. The van der Waals surface area contributed by atoms with Crippen molar-refractivity contribution >= 4 is 11.7 Å². The monoisotopic (exact) mass is 421 g/mol. The summed E-state index contributed by atoms with van der Waals surface area (Å²) in [6.45, 7) is 0. The number of aromatic carboxylic acids is 1. The third kappa shape index (κ3) is 9.83. The van der Waals surface area contributed by atoms with Gasteiger partial charge in [0.1, 0.15) is 17.6 Å². The lowest BCUT2D eigenvalue weighted by molar-refractivity contribution is -0.121. The molecule has 0 spiro atoms. The lowest BCUT2D eigenvalue weighted by Gasteiger charge is -2.07. The van der Waals surface area contributed by atoms with Crippen molar-refractivity contribution in [3.05, 3.63) is 90.5 Å². The Kier molecular flexibility index (Phi) is 10.0. The summed E-state index contributed by atoms with van der Waals surface area (Å²) < 4.78 is 36.0. The second-order valence-corrected chi connectivity index (χ2v) is 5.43. The fourth-order valence-corrected chi connectivity index (χ4v) is 1.92. The summed E-state index contributed by atoms with van der Waals surface area (Å²) in [6.07, 6.45) is -0.717. The molecule has 0 unspecified atom stereocenters. The van der Waals surface area contributed by atoms with Crippen LogP contribution < -0.4 is 0 Å². The van der Waals surface area contributed by atoms with Gasteiger partial charge in [0.05, 0.1) is 12.1 Å². The van der Waals surface area contributed by atoms with Gasteiger partial charge in [0.25, 0.3) is 0 Å². The Morgan fingerprint density at radius 2 is 1.50 bits per heavy atom. The molecule has 2 aromatic carbocycles. The van der Waals surface area contributed by atoms with Crippen LogP contribution in [0, 0.1) is 0 Å². The van der Waals surface area contributed by atoms with Crippen molar-refractivity contribution < 1.29 is 33.4 Å². The maximum Gasteiger partial charge on any atom is 0.394 e. The Bertz CT molecular complexity index is 895. The second kappa shape index (κ2) is 12.5. The van der Waals surface area contributed by atoms with Gasteiger partial charge in [0.2, 0.25) is 0 Å². The summed E-state index contributed by atoms with van der Waals surface area (Å²) in [4.78, 5) is 17.6. The number of carboxylic acids is 1. The maximum absolute atomic E-state index is 12.0. The van der Waals surface area contributed by atoms with Crippen LogP contribution in [-0.2, 0) is 0 Å². The molecule has 0 saturated heterocycles. The Hall–Kier alpha value is -3.95. The molecule has 3 N–H and O–H groups in total. The molecule has 1 heterocycles. The summed E-state index contributed by atoms with van der Waals surface area (Å²) in [5.41, 5.74) is -0.173. The standard InChI is InChI=1S/C9H8F3NO.C7H6O3.C4H4N2/c10-9(11,12)6-8(13-14)7-4-2-1-3-5-7;8-6-4-2-1-3-5(6)7(9)10;1-2-5-4-6-3-1/h1-5,14H,6H2;1-4,8H,(H,9,10);1-4H. The van der Waals surface area contributed by atoms with Crippen LogP contribution in [0.2, 0.25) is 0 Å². The van der Waals surface area contributed by atoms with Crippen molar-refractivity contribution in [1.29, 1.82) is 0 Å². The molecule has 0 atom stereocenters. The van der Waals surface area contributed by atoms with E-state index < -0.39 is 18.6 Å². The van der Waals surface area contributed by atoms with Crippen LogP contribution in [0.5, 0.6) is 5.75 Å². The first-order chi connectivity index (χ1) is 14.2. The predicted octanol–water partition coefficient (Wildman–Crippen LogP) is 4.38. The predicted molar refractivity (Wildman–Crippen MR) is 103 cm³/mol. The van der Waals surface area contributed by atoms with E-state index in [1.807, 2.05) is 0 Å². The summed E-state index contributed by atoms with van der Waals surface area (Å²) >= 11 is 0. The summed E-state index contributed by atoms with van der Waals surface area (Å²) in [6, 6.07) is 15.3. The van der Waals surface area contributed by atoms with Crippen LogP contribution in [0.1, 0.15) is 22.3 Å². The van der Waals surface area contributed by atoms with Crippen LogP contribution in [0.4, 0.5) is 13.2 Å². The van der Waals surface area contributed by atoms with Crippen molar-refractivity contribution in [2.45, 2.75) is 12.6 Å². The maximum atomic E-state index is 12.0. The number of oxime groups is 1. The largest absolute Gasteiger partial charge is 0.507 e. The highest BCUT2D eigenvalue weighted by Gasteiger charge is 2.30.